The zero-order valence-electron chi connectivity index (χ0n) is 21.6. The van der Waals surface area contributed by atoms with Crippen LogP contribution in [-0.4, -0.2) is 62.9 Å². The lowest BCUT2D eigenvalue weighted by molar-refractivity contribution is -0.153. The summed E-state index contributed by atoms with van der Waals surface area (Å²) in [6.07, 6.45) is -3.67. The number of ether oxygens (including phenoxy) is 1. The number of halogens is 3. The van der Waals surface area contributed by atoms with E-state index in [0.29, 0.717) is 46.9 Å². The van der Waals surface area contributed by atoms with Crippen LogP contribution in [0.3, 0.4) is 0 Å². The highest BCUT2D eigenvalue weighted by Crippen LogP contribution is 2.31. The van der Waals surface area contributed by atoms with Gasteiger partial charge in [0.25, 0.3) is 5.91 Å². The van der Waals surface area contributed by atoms with Gasteiger partial charge in [0.15, 0.2) is 12.2 Å². The zero-order valence-corrected chi connectivity index (χ0v) is 22.4. The van der Waals surface area contributed by atoms with Crippen LogP contribution in [0.2, 0.25) is 0 Å². The van der Waals surface area contributed by atoms with Crippen LogP contribution in [0, 0.1) is 0 Å². The molecule has 40 heavy (non-hydrogen) atoms. The lowest BCUT2D eigenvalue weighted by atomic mass is 10.1. The molecular weight excluding hydrogens is 543 g/mol. The van der Waals surface area contributed by atoms with Crippen molar-refractivity contribution in [2.45, 2.75) is 12.6 Å². The summed E-state index contributed by atoms with van der Waals surface area (Å²) in [5, 5.41) is 4.57. The molecule has 0 unspecified atom stereocenters. The van der Waals surface area contributed by atoms with E-state index in [4.69, 9.17) is 9.15 Å². The van der Waals surface area contributed by atoms with Crippen LogP contribution < -0.4 is 20.4 Å². The summed E-state index contributed by atoms with van der Waals surface area (Å²) < 4.78 is 49.3. The first kappa shape index (κ1) is 27.7. The van der Waals surface area contributed by atoms with Crippen molar-refractivity contribution in [3.63, 3.8) is 0 Å². The van der Waals surface area contributed by atoms with E-state index in [9.17, 15) is 22.8 Å². The quantitative estimate of drug-likeness (QED) is 0.271. The molecule has 1 saturated heterocycles. The predicted octanol–water partition coefficient (Wildman–Crippen LogP) is 5.40. The number of benzene rings is 2. The summed E-state index contributed by atoms with van der Waals surface area (Å²) in [7, 11) is 0. The number of nitrogens with zero attached hydrogens (tertiary/aromatic N) is 2. The van der Waals surface area contributed by atoms with Gasteiger partial charge in [0.05, 0.1) is 11.3 Å². The van der Waals surface area contributed by atoms with Crippen molar-refractivity contribution < 1.29 is 27.1 Å². The predicted molar refractivity (Wildman–Crippen MR) is 149 cm³/mol. The largest absolute Gasteiger partial charge is 0.482 e. The van der Waals surface area contributed by atoms with Gasteiger partial charge in [-0.15, -0.1) is 11.3 Å². The highest BCUT2D eigenvalue weighted by atomic mass is 32.1. The van der Waals surface area contributed by atoms with Crippen molar-refractivity contribution in [2.24, 2.45) is 0 Å². The summed E-state index contributed by atoms with van der Waals surface area (Å²) in [5.41, 5.74) is 1.87. The Hall–Kier alpha value is -3.83. The third kappa shape index (κ3) is 6.65. The minimum absolute atomic E-state index is 0.183. The van der Waals surface area contributed by atoms with Crippen molar-refractivity contribution >= 4 is 33.2 Å². The Morgan fingerprint density at radius 1 is 1.02 bits per heavy atom. The summed E-state index contributed by atoms with van der Waals surface area (Å²) in [6, 6.07) is 17.5. The van der Waals surface area contributed by atoms with Gasteiger partial charge in [-0.25, -0.2) is 0 Å². The smallest absolute Gasteiger partial charge is 0.422 e. The Labute approximate surface area is 232 Å². The molecule has 0 atom stereocenters. The summed E-state index contributed by atoms with van der Waals surface area (Å²) in [6.45, 7) is 2.68. The first-order valence-corrected chi connectivity index (χ1v) is 13.8. The molecule has 1 N–H and O–H groups in total. The fourth-order valence-electron chi connectivity index (χ4n) is 4.66. The number of carbonyl (C=O) groups is 1. The number of alkyl halides is 3. The van der Waals surface area contributed by atoms with Crippen molar-refractivity contribution in [2.75, 3.05) is 50.8 Å². The molecule has 0 saturated carbocycles. The molecule has 3 heterocycles. The number of nitrogens with one attached hydrogen (secondary N) is 1. The molecule has 210 valence electrons. The van der Waals surface area contributed by atoms with Crippen LogP contribution in [0.5, 0.6) is 5.75 Å². The average molecular weight is 572 g/mol. The molecule has 0 bridgehead atoms. The van der Waals surface area contributed by atoms with Gasteiger partial charge in [0.2, 0.25) is 5.43 Å². The first-order valence-electron chi connectivity index (χ1n) is 12.9. The number of amides is 1. The Morgan fingerprint density at radius 2 is 1.75 bits per heavy atom. The van der Waals surface area contributed by atoms with E-state index >= 15 is 0 Å². The number of rotatable bonds is 9. The second kappa shape index (κ2) is 12.1. The second-order valence-electron chi connectivity index (χ2n) is 9.46. The number of anilines is 1. The van der Waals surface area contributed by atoms with Gasteiger partial charge in [0, 0.05) is 49.7 Å². The number of thiophene rings is 1. The highest BCUT2D eigenvalue weighted by Gasteiger charge is 2.29. The Morgan fingerprint density at radius 3 is 2.50 bits per heavy atom. The summed E-state index contributed by atoms with van der Waals surface area (Å²) in [5.74, 6) is 0.350. The number of hydrogen-bond donors (Lipinski definition) is 1. The van der Waals surface area contributed by atoms with Crippen molar-refractivity contribution in [3.8, 4) is 17.1 Å². The molecule has 5 rings (SSSR count). The number of fused-ring (bicyclic) bond motifs is 1. The first-order chi connectivity index (χ1) is 19.3. The third-order valence-corrected chi connectivity index (χ3v) is 7.63. The standard InChI is InChI=1S/C29H28F3N3O4S/c30-29(31,32)19-38-24-10-5-4-9-22(24)35-15-13-34(14-16-35)12-6-11-33-28(37)21-18-40-27-23(36)17-25(39-26(21)27)20-7-2-1-3-8-20/h1-5,7-10,17-18H,6,11-16,19H2,(H,33,37). The summed E-state index contributed by atoms with van der Waals surface area (Å²) in [4.78, 5) is 29.8. The fourth-order valence-corrected chi connectivity index (χ4v) is 5.54. The SMILES string of the molecule is O=C(NCCCN1CCN(c2ccccc2OCC(F)(F)F)CC1)c1csc2c(=O)cc(-c3ccccc3)oc12. The minimum atomic E-state index is -4.39. The van der Waals surface area contributed by atoms with Crippen LogP contribution >= 0.6 is 11.3 Å². The Bertz CT molecular complexity index is 1510. The van der Waals surface area contributed by atoms with Gasteiger partial charge in [-0.3, -0.25) is 14.5 Å². The molecule has 1 aliphatic rings. The van der Waals surface area contributed by atoms with Crippen LogP contribution in [0.25, 0.3) is 21.6 Å². The molecule has 2 aromatic heterocycles. The highest BCUT2D eigenvalue weighted by molar-refractivity contribution is 7.17. The molecule has 1 amide bonds. The van der Waals surface area contributed by atoms with Gasteiger partial charge >= 0.3 is 6.18 Å². The molecule has 2 aromatic carbocycles. The van der Waals surface area contributed by atoms with Gasteiger partial charge in [-0.05, 0) is 25.1 Å². The van der Waals surface area contributed by atoms with Crippen molar-refractivity contribution in [1.82, 2.24) is 10.2 Å². The molecule has 1 aliphatic heterocycles. The number of piperazine rings is 1. The second-order valence-corrected chi connectivity index (χ2v) is 10.3. The molecule has 1 fully saturated rings. The van der Waals surface area contributed by atoms with Gasteiger partial charge in [-0.1, -0.05) is 42.5 Å². The van der Waals surface area contributed by atoms with E-state index in [1.54, 1.807) is 29.6 Å². The number of hydrogen-bond acceptors (Lipinski definition) is 7. The van der Waals surface area contributed by atoms with E-state index < -0.39 is 12.8 Å². The van der Waals surface area contributed by atoms with E-state index in [2.05, 4.69) is 10.2 Å². The number of carbonyl (C=O) groups excluding carboxylic acids is 1. The molecule has 0 aliphatic carbocycles. The molecule has 7 nitrogen and oxygen atoms in total. The van der Waals surface area contributed by atoms with Crippen LogP contribution in [-0.2, 0) is 0 Å². The van der Waals surface area contributed by atoms with E-state index in [0.717, 1.165) is 31.6 Å². The van der Waals surface area contributed by atoms with E-state index in [1.165, 1.54) is 17.4 Å². The maximum absolute atomic E-state index is 12.9. The number of para-hydroxylation sites is 2. The van der Waals surface area contributed by atoms with Crippen LogP contribution in [0.15, 0.2) is 75.3 Å². The van der Waals surface area contributed by atoms with E-state index in [-0.39, 0.29) is 17.1 Å². The molecule has 4 aromatic rings. The lowest BCUT2D eigenvalue weighted by Gasteiger charge is -2.36. The van der Waals surface area contributed by atoms with Crippen LogP contribution in [0.4, 0.5) is 18.9 Å². The van der Waals surface area contributed by atoms with Gasteiger partial charge in [0.1, 0.15) is 16.2 Å². The Balaban J connectivity index is 1.12. The normalized spacial score (nSPS) is 14.4. The fraction of sp³-hybridized carbons (Fsp3) is 0.310. The Kier molecular flexibility index (Phi) is 8.41. The van der Waals surface area contributed by atoms with Crippen molar-refractivity contribution in [1.29, 1.82) is 0 Å². The zero-order chi connectivity index (χ0) is 28.1. The van der Waals surface area contributed by atoms with E-state index in [1.807, 2.05) is 35.2 Å². The van der Waals surface area contributed by atoms with Gasteiger partial charge < -0.3 is 19.4 Å². The molecule has 0 spiro atoms. The monoisotopic (exact) mass is 571 g/mol. The minimum Gasteiger partial charge on any atom is -0.482 e. The molecule has 11 heteroatoms. The van der Waals surface area contributed by atoms with Gasteiger partial charge in [-0.2, -0.15) is 13.2 Å². The maximum atomic E-state index is 12.9. The maximum Gasteiger partial charge on any atom is 0.422 e. The lowest BCUT2D eigenvalue weighted by Crippen LogP contribution is -2.47. The van der Waals surface area contributed by atoms with Crippen molar-refractivity contribution in [3.05, 3.63) is 81.8 Å². The van der Waals surface area contributed by atoms with Crippen LogP contribution in [0.1, 0.15) is 16.8 Å². The molecular formula is C29H28F3N3O4S. The molecule has 0 radical (unpaired) electrons. The summed E-state index contributed by atoms with van der Waals surface area (Å²) >= 11 is 1.19. The topological polar surface area (TPSA) is 75.0 Å². The third-order valence-electron chi connectivity index (χ3n) is 6.65. The average Bonchev–Trinajstić information content (AvgIpc) is 3.40.